The van der Waals surface area contributed by atoms with Crippen molar-refractivity contribution in [3.8, 4) is 11.6 Å². The second-order valence-electron chi connectivity index (χ2n) is 7.91. The standard InChI is InChI=1S/C25H20ClF3N4O4/c1-36-23(35)20-3-2-4-21(32-20)37-18-11-9-17(10-12-18)31-24-30-13-19(25(27,28)29)22(34)33(24)14-15-5-7-16(26)8-6-15/h2-12,19H,13-14H2,1H3,(H,30,31). The molecule has 0 fully saturated rings. The number of hydrogen-bond acceptors (Lipinski definition) is 7. The van der Waals surface area contributed by atoms with Gasteiger partial charge in [-0.15, -0.1) is 0 Å². The molecular formula is C25H20ClF3N4O4. The maximum absolute atomic E-state index is 13.4. The molecule has 1 atom stereocenters. The van der Waals surface area contributed by atoms with E-state index in [1.54, 1.807) is 60.7 Å². The van der Waals surface area contributed by atoms with Gasteiger partial charge in [0.2, 0.25) is 17.7 Å². The maximum Gasteiger partial charge on any atom is 0.402 e. The summed E-state index contributed by atoms with van der Waals surface area (Å²) < 4.78 is 50.6. The number of rotatable bonds is 6. The van der Waals surface area contributed by atoms with Crippen molar-refractivity contribution in [2.45, 2.75) is 12.7 Å². The van der Waals surface area contributed by atoms with E-state index in [4.69, 9.17) is 16.3 Å². The number of halogens is 4. The summed E-state index contributed by atoms with van der Waals surface area (Å²) in [5.41, 5.74) is 1.12. The first-order chi connectivity index (χ1) is 17.6. The van der Waals surface area contributed by atoms with Gasteiger partial charge >= 0.3 is 12.1 Å². The number of carbonyl (C=O) groups is 2. The molecule has 3 aromatic rings. The van der Waals surface area contributed by atoms with Crippen LogP contribution in [0.1, 0.15) is 16.1 Å². The molecule has 0 saturated carbocycles. The number of benzene rings is 2. The lowest BCUT2D eigenvalue weighted by Gasteiger charge is -2.33. The molecule has 12 heteroatoms. The van der Waals surface area contributed by atoms with E-state index < -0.39 is 30.5 Å². The Morgan fingerprint density at radius 3 is 2.46 bits per heavy atom. The number of guanidine groups is 1. The van der Waals surface area contributed by atoms with E-state index in [9.17, 15) is 22.8 Å². The molecule has 0 radical (unpaired) electrons. The Morgan fingerprint density at radius 2 is 1.81 bits per heavy atom. The summed E-state index contributed by atoms with van der Waals surface area (Å²) in [6.07, 6.45) is -4.72. The molecule has 0 saturated heterocycles. The highest BCUT2D eigenvalue weighted by molar-refractivity contribution is 6.30. The number of hydrogen-bond donors (Lipinski definition) is 1. The Labute approximate surface area is 214 Å². The molecule has 8 nitrogen and oxygen atoms in total. The van der Waals surface area contributed by atoms with Gasteiger partial charge in [-0.05, 0) is 48.0 Å². The number of amides is 1. The third kappa shape index (κ3) is 6.36. The smallest absolute Gasteiger partial charge is 0.402 e. The number of ether oxygens (including phenoxy) is 2. The molecule has 1 amide bonds. The summed E-state index contributed by atoms with van der Waals surface area (Å²) >= 11 is 5.89. The maximum atomic E-state index is 13.4. The van der Waals surface area contributed by atoms with Crippen LogP contribution in [-0.4, -0.2) is 47.6 Å². The molecule has 0 bridgehead atoms. The van der Waals surface area contributed by atoms with Crippen LogP contribution in [-0.2, 0) is 16.1 Å². The molecule has 192 valence electrons. The number of alkyl halides is 3. The highest BCUT2D eigenvalue weighted by Crippen LogP contribution is 2.32. The quantitative estimate of drug-likeness (QED) is 0.433. The van der Waals surface area contributed by atoms with E-state index in [2.05, 4.69) is 20.0 Å². The zero-order valence-electron chi connectivity index (χ0n) is 19.3. The van der Waals surface area contributed by atoms with Gasteiger partial charge in [0.25, 0.3) is 0 Å². The van der Waals surface area contributed by atoms with Gasteiger partial charge in [-0.1, -0.05) is 29.8 Å². The van der Waals surface area contributed by atoms with Crippen LogP contribution in [0.15, 0.2) is 71.7 Å². The SMILES string of the molecule is COC(=O)c1cccc(Oc2ccc(NC3=NCC(C(F)(F)F)C(=O)N3Cc3ccc(Cl)cc3)cc2)n1. The molecule has 0 spiro atoms. The minimum absolute atomic E-state index is 0.0124. The lowest BCUT2D eigenvalue weighted by Crippen LogP contribution is -2.52. The van der Waals surface area contributed by atoms with Gasteiger partial charge in [-0.2, -0.15) is 13.2 Å². The molecule has 1 unspecified atom stereocenters. The average molecular weight is 533 g/mol. The van der Waals surface area contributed by atoms with Crippen LogP contribution in [0.25, 0.3) is 0 Å². The number of aliphatic imine (C=N–C) groups is 1. The second kappa shape index (κ2) is 10.9. The fourth-order valence-electron chi connectivity index (χ4n) is 3.46. The molecule has 2 aromatic carbocycles. The van der Waals surface area contributed by atoms with Crippen LogP contribution in [0.2, 0.25) is 5.02 Å². The van der Waals surface area contributed by atoms with Gasteiger partial charge in [0.05, 0.1) is 20.2 Å². The lowest BCUT2D eigenvalue weighted by atomic mass is 10.1. The van der Waals surface area contributed by atoms with Crippen molar-refractivity contribution in [2.24, 2.45) is 10.9 Å². The van der Waals surface area contributed by atoms with Crippen molar-refractivity contribution in [3.63, 3.8) is 0 Å². The average Bonchev–Trinajstić information content (AvgIpc) is 2.87. The normalized spacial score (nSPS) is 15.7. The predicted molar refractivity (Wildman–Crippen MR) is 130 cm³/mol. The molecule has 1 N–H and O–H groups in total. The molecule has 1 aliphatic heterocycles. The second-order valence-corrected chi connectivity index (χ2v) is 8.35. The number of nitrogens with one attached hydrogen (secondary N) is 1. The molecule has 2 heterocycles. The third-order valence-electron chi connectivity index (χ3n) is 5.34. The summed E-state index contributed by atoms with van der Waals surface area (Å²) in [5.74, 6) is -3.40. The van der Waals surface area contributed by atoms with Crippen LogP contribution in [0.4, 0.5) is 18.9 Å². The summed E-state index contributed by atoms with van der Waals surface area (Å²) in [5, 5.41) is 3.38. The number of aromatic nitrogens is 1. The largest absolute Gasteiger partial charge is 0.464 e. The molecule has 37 heavy (non-hydrogen) atoms. The zero-order valence-corrected chi connectivity index (χ0v) is 20.1. The fourth-order valence-corrected chi connectivity index (χ4v) is 3.58. The Hall–Kier alpha value is -4.12. The predicted octanol–water partition coefficient (Wildman–Crippen LogP) is 5.30. The molecule has 1 aromatic heterocycles. The van der Waals surface area contributed by atoms with E-state index in [-0.39, 0.29) is 24.1 Å². The van der Waals surface area contributed by atoms with Crippen LogP contribution >= 0.6 is 11.6 Å². The molecule has 1 aliphatic rings. The van der Waals surface area contributed by atoms with Crippen molar-refractivity contribution in [1.29, 1.82) is 0 Å². The van der Waals surface area contributed by atoms with E-state index in [1.807, 2.05) is 0 Å². The van der Waals surface area contributed by atoms with Crippen LogP contribution < -0.4 is 10.1 Å². The Kier molecular flexibility index (Phi) is 7.63. The first-order valence-electron chi connectivity index (χ1n) is 10.9. The Morgan fingerprint density at radius 1 is 1.11 bits per heavy atom. The van der Waals surface area contributed by atoms with Gasteiger partial charge in [0.15, 0.2) is 11.6 Å². The first kappa shape index (κ1) is 26.0. The Bertz CT molecular complexity index is 1310. The van der Waals surface area contributed by atoms with Gasteiger partial charge in [0.1, 0.15) is 5.75 Å². The number of anilines is 1. The summed E-state index contributed by atoms with van der Waals surface area (Å²) in [6, 6.07) is 17.4. The third-order valence-corrected chi connectivity index (χ3v) is 5.60. The molecular weight excluding hydrogens is 513 g/mol. The highest BCUT2D eigenvalue weighted by Gasteiger charge is 2.49. The van der Waals surface area contributed by atoms with Crippen LogP contribution in [0, 0.1) is 5.92 Å². The number of methoxy groups -OCH3 is 1. The minimum Gasteiger partial charge on any atom is -0.464 e. The van der Waals surface area contributed by atoms with E-state index in [1.165, 1.54) is 13.2 Å². The number of esters is 1. The van der Waals surface area contributed by atoms with Gasteiger partial charge in [-0.3, -0.25) is 14.7 Å². The fraction of sp³-hybridized carbons (Fsp3) is 0.200. The van der Waals surface area contributed by atoms with Crippen LogP contribution in [0.3, 0.4) is 0 Å². The first-order valence-corrected chi connectivity index (χ1v) is 11.3. The summed E-state index contributed by atoms with van der Waals surface area (Å²) in [4.78, 5) is 33.5. The number of pyridine rings is 1. The van der Waals surface area contributed by atoms with Gasteiger partial charge in [0, 0.05) is 16.8 Å². The van der Waals surface area contributed by atoms with Crippen molar-refractivity contribution in [1.82, 2.24) is 9.88 Å². The van der Waals surface area contributed by atoms with Crippen molar-refractivity contribution < 1.29 is 32.2 Å². The number of nitrogens with zero attached hydrogens (tertiary/aromatic N) is 3. The van der Waals surface area contributed by atoms with E-state index in [0.717, 1.165) is 4.90 Å². The highest BCUT2D eigenvalue weighted by atomic mass is 35.5. The van der Waals surface area contributed by atoms with E-state index >= 15 is 0 Å². The van der Waals surface area contributed by atoms with Crippen LogP contribution in [0.5, 0.6) is 11.6 Å². The number of carbonyl (C=O) groups excluding carboxylic acids is 2. The Balaban J connectivity index is 1.51. The van der Waals surface area contributed by atoms with Gasteiger partial charge < -0.3 is 14.8 Å². The monoisotopic (exact) mass is 532 g/mol. The molecule has 0 aliphatic carbocycles. The van der Waals surface area contributed by atoms with Crippen molar-refractivity contribution >= 4 is 35.1 Å². The summed E-state index contributed by atoms with van der Waals surface area (Å²) in [7, 11) is 1.24. The van der Waals surface area contributed by atoms with E-state index in [0.29, 0.717) is 22.0 Å². The lowest BCUT2D eigenvalue weighted by molar-refractivity contribution is -0.186. The topological polar surface area (TPSA) is 93.1 Å². The van der Waals surface area contributed by atoms with Gasteiger partial charge in [-0.25, -0.2) is 9.78 Å². The summed E-state index contributed by atoms with van der Waals surface area (Å²) in [6.45, 7) is -0.844. The zero-order chi connectivity index (χ0) is 26.6. The molecule has 4 rings (SSSR count). The minimum atomic E-state index is -4.72. The van der Waals surface area contributed by atoms with Crippen molar-refractivity contribution in [3.05, 3.63) is 83.0 Å². The van der Waals surface area contributed by atoms with Crippen molar-refractivity contribution in [2.75, 3.05) is 19.0 Å².